The number of anilines is 1. The van der Waals surface area contributed by atoms with Crippen LogP contribution in [-0.4, -0.2) is 31.2 Å². The molecule has 0 saturated carbocycles. The van der Waals surface area contributed by atoms with Crippen molar-refractivity contribution in [1.82, 2.24) is 5.32 Å². The molecule has 0 aliphatic carbocycles. The Balaban J connectivity index is 2.81. The zero-order chi connectivity index (χ0) is 12.8. The average Bonchev–Trinajstić information content (AvgIpc) is 2.28. The van der Waals surface area contributed by atoms with E-state index in [1.54, 1.807) is 30.1 Å². The molecule has 0 atom stereocenters. The first kappa shape index (κ1) is 13.8. The van der Waals surface area contributed by atoms with Crippen LogP contribution < -0.4 is 10.2 Å². The smallest absolute Gasteiger partial charge is 0.239 e. The number of nitrogens with one attached hydrogen (secondary N) is 1. The van der Waals surface area contributed by atoms with Gasteiger partial charge in [0.05, 0.1) is 13.2 Å². The van der Waals surface area contributed by atoms with Gasteiger partial charge in [-0.2, -0.15) is 0 Å². The van der Waals surface area contributed by atoms with Crippen LogP contribution in [-0.2, 0) is 11.4 Å². The second kappa shape index (κ2) is 6.47. The van der Waals surface area contributed by atoms with E-state index < -0.39 is 0 Å². The first-order chi connectivity index (χ1) is 8.08. The molecule has 0 aliphatic rings. The number of hydrogen-bond donors (Lipinski definition) is 2. The largest absolute Gasteiger partial charge is 0.392 e. The minimum absolute atomic E-state index is 0.0474. The number of hydrogen-bond acceptors (Lipinski definition) is 3. The molecule has 0 heterocycles. The van der Waals surface area contributed by atoms with Crippen molar-refractivity contribution in [2.75, 3.05) is 25.0 Å². The maximum atomic E-state index is 11.5. The van der Waals surface area contributed by atoms with Crippen molar-refractivity contribution < 1.29 is 9.90 Å². The highest BCUT2D eigenvalue weighted by Gasteiger charge is 2.10. The highest BCUT2D eigenvalue weighted by atomic mass is 35.5. The summed E-state index contributed by atoms with van der Waals surface area (Å²) in [6.07, 6.45) is 0. The molecule has 1 aromatic carbocycles. The van der Waals surface area contributed by atoms with Crippen molar-refractivity contribution in [3.63, 3.8) is 0 Å². The fraction of sp³-hybridized carbons (Fsp3) is 0.417. The Morgan fingerprint density at radius 2 is 2.24 bits per heavy atom. The topological polar surface area (TPSA) is 52.6 Å². The van der Waals surface area contributed by atoms with Crippen LogP contribution in [0.4, 0.5) is 5.69 Å². The van der Waals surface area contributed by atoms with Crippen LogP contribution in [0.3, 0.4) is 0 Å². The fourth-order valence-electron chi connectivity index (χ4n) is 1.61. The molecule has 0 spiro atoms. The van der Waals surface area contributed by atoms with Crippen LogP contribution in [0.15, 0.2) is 18.2 Å². The minimum atomic E-state index is -0.102. The van der Waals surface area contributed by atoms with Crippen LogP contribution in [0.25, 0.3) is 0 Å². The number of benzene rings is 1. The zero-order valence-corrected chi connectivity index (χ0v) is 10.8. The van der Waals surface area contributed by atoms with E-state index in [1.165, 1.54) is 0 Å². The molecular formula is C12H17ClN2O2. The van der Waals surface area contributed by atoms with Gasteiger partial charge in [-0.25, -0.2) is 0 Å². The van der Waals surface area contributed by atoms with Gasteiger partial charge < -0.3 is 15.3 Å². The van der Waals surface area contributed by atoms with E-state index in [2.05, 4.69) is 5.32 Å². The van der Waals surface area contributed by atoms with Crippen LogP contribution in [0.1, 0.15) is 12.5 Å². The zero-order valence-electron chi connectivity index (χ0n) is 10.0. The SMILES string of the molecule is CCNC(=O)CN(C)c1ccc(Cl)cc1CO. The van der Waals surface area contributed by atoms with Crippen molar-refractivity contribution >= 4 is 23.2 Å². The van der Waals surface area contributed by atoms with Crippen molar-refractivity contribution in [2.45, 2.75) is 13.5 Å². The maximum absolute atomic E-state index is 11.5. The highest BCUT2D eigenvalue weighted by molar-refractivity contribution is 6.30. The Morgan fingerprint density at radius 3 is 2.82 bits per heavy atom. The van der Waals surface area contributed by atoms with Crippen molar-refractivity contribution in [2.24, 2.45) is 0 Å². The number of amides is 1. The van der Waals surface area contributed by atoms with Crippen molar-refractivity contribution in [1.29, 1.82) is 0 Å². The van der Waals surface area contributed by atoms with Gasteiger partial charge >= 0.3 is 0 Å². The van der Waals surface area contributed by atoms with E-state index in [9.17, 15) is 9.90 Å². The summed E-state index contributed by atoms with van der Waals surface area (Å²) in [6.45, 7) is 2.64. The number of aliphatic hydroxyl groups is 1. The van der Waals surface area contributed by atoms with E-state index in [0.717, 1.165) is 5.69 Å². The van der Waals surface area contributed by atoms with Gasteiger partial charge in [0.1, 0.15) is 0 Å². The van der Waals surface area contributed by atoms with Crippen molar-refractivity contribution in [3.05, 3.63) is 28.8 Å². The minimum Gasteiger partial charge on any atom is -0.392 e. The summed E-state index contributed by atoms with van der Waals surface area (Å²) < 4.78 is 0. The highest BCUT2D eigenvalue weighted by Crippen LogP contribution is 2.23. The molecule has 5 heteroatoms. The Bertz CT molecular complexity index is 396. The molecule has 2 N–H and O–H groups in total. The molecule has 0 bridgehead atoms. The van der Waals surface area contributed by atoms with Crippen LogP contribution in [0.5, 0.6) is 0 Å². The van der Waals surface area contributed by atoms with E-state index in [4.69, 9.17) is 11.6 Å². The summed E-state index contributed by atoms with van der Waals surface area (Å²) in [5, 5.41) is 12.5. The predicted molar refractivity (Wildman–Crippen MR) is 69.3 cm³/mol. The van der Waals surface area contributed by atoms with E-state index >= 15 is 0 Å². The monoisotopic (exact) mass is 256 g/mol. The predicted octanol–water partition coefficient (Wildman–Crippen LogP) is 1.40. The van der Waals surface area contributed by atoms with Gasteiger partial charge in [-0.1, -0.05) is 11.6 Å². The first-order valence-corrected chi connectivity index (χ1v) is 5.83. The molecule has 0 unspecified atom stereocenters. The third-order valence-electron chi connectivity index (χ3n) is 2.38. The summed E-state index contributed by atoms with van der Waals surface area (Å²) in [5.74, 6) is -0.0474. The standard InChI is InChI=1S/C12H17ClN2O2/c1-3-14-12(17)7-15(2)11-5-4-10(13)6-9(11)8-16/h4-6,16H,3,7-8H2,1-2H3,(H,14,17). The second-order valence-corrected chi connectivity index (χ2v) is 4.18. The van der Waals surface area contributed by atoms with Gasteiger partial charge in [0.15, 0.2) is 0 Å². The quantitative estimate of drug-likeness (QED) is 0.838. The molecule has 1 aromatic rings. The molecule has 0 fully saturated rings. The van der Waals surface area contributed by atoms with Gasteiger partial charge in [-0.3, -0.25) is 4.79 Å². The lowest BCUT2D eigenvalue weighted by Gasteiger charge is -2.21. The number of carbonyl (C=O) groups is 1. The van der Waals surface area contributed by atoms with E-state index in [0.29, 0.717) is 17.1 Å². The van der Waals surface area contributed by atoms with Gasteiger partial charge in [-0.05, 0) is 25.1 Å². The molecule has 17 heavy (non-hydrogen) atoms. The molecule has 0 radical (unpaired) electrons. The lowest BCUT2D eigenvalue weighted by molar-refractivity contribution is -0.119. The summed E-state index contributed by atoms with van der Waals surface area (Å²) in [6, 6.07) is 5.24. The van der Waals surface area contributed by atoms with Crippen LogP contribution in [0, 0.1) is 0 Å². The van der Waals surface area contributed by atoms with E-state index in [-0.39, 0.29) is 19.1 Å². The van der Waals surface area contributed by atoms with Gasteiger partial charge in [-0.15, -0.1) is 0 Å². The third kappa shape index (κ3) is 3.91. The summed E-state index contributed by atoms with van der Waals surface area (Å²) >= 11 is 5.85. The number of halogens is 1. The average molecular weight is 257 g/mol. The first-order valence-electron chi connectivity index (χ1n) is 5.45. The van der Waals surface area contributed by atoms with Gasteiger partial charge in [0.25, 0.3) is 0 Å². The maximum Gasteiger partial charge on any atom is 0.239 e. The molecule has 0 aliphatic heterocycles. The Labute approximate surface area is 106 Å². The Kier molecular flexibility index (Phi) is 5.25. The number of likely N-dealkylation sites (N-methyl/N-ethyl adjacent to an activating group) is 2. The number of carbonyl (C=O) groups excluding carboxylic acids is 1. The lowest BCUT2D eigenvalue weighted by atomic mass is 10.1. The fourth-order valence-corrected chi connectivity index (χ4v) is 1.80. The molecule has 1 amide bonds. The summed E-state index contributed by atoms with van der Waals surface area (Å²) in [5.41, 5.74) is 1.52. The molecular weight excluding hydrogens is 240 g/mol. The van der Waals surface area contributed by atoms with Gasteiger partial charge in [0.2, 0.25) is 5.91 Å². The normalized spacial score (nSPS) is 10.1. The molecule has 4 nitrogen and oxygen atoms in total. The lowest BCUT2D eigenvalue weighted by Crippen LogP contribution is -2.35. The number of rotatable bonds is 5. The summed E-state index contributed by atoms with van der Waals surface area (Å²) in [4.78, 5) is 13.2. The Morgan fingerprint density at radius 1 is 1.53 bits per heavy atom. The van der Waals surface area contributed by atoms with Crippen molar-refractivity contribution in [3.8, 4) is 0 Å². The Hall–Kier alpha value is -1.26. The molecule has 0 aromatic heterocycles. The van der Waals surface area contributed by atoms with E-state index in [1.807, 2.05) is 6.92 Å². The molecule has 0 saturated heterocycles. The molecule has 1 rings (SSSR count). The van der Waals surface area contributed by atoms with Crippen LogP contribution >= 0.6 is 11.6 Å². The number of aliphatic hydroxyl groups excluding tert-OH is 1. The third-order valence-corrected chi connectivity index (χ3v) is 2.61. The second-order valence-electron chi connectivity index (χ2n) is 3.74. The number of nitrogens with zero attached hydrogens (tertiary/aromatic N) is 1. The van der Waals surface area contributed by atoms with Crippen LogP contribution in [0.2, 0.25) is 5.02 Å². The molecule has 94 valence electrons. The van der Waals surface area contributed by atoms with Gasteiger partial charge in [0, 0.05) is 29.9 Å². The summed E-state index contributed by atoms with van der Waals surface area (Å²) in [7, 11) is 1.80.